The molecule has 0 aliphatic carbocycles. The Bertz CT molecular complexity index is 1000. The van der Waals surface area contributed by atoms with Crippen LogP contribution in [0.4, 0.5) is 0 Å². The van der Waals surface area contributed by atoms with E-state index in [2.05, 4.69) is 10.0 Å². The van der Waals surface area contributed by atoms with E-state index in [1.165, 1.54) is 43.5 Å². The number of carbonyl (C=O) groups is 1. The van der Waals surface area contributed by atoms with Gasteiger partial charge in [-0.15, -0.1) is 0 Å². The first-order valence-corrected chi connectivity index (χ1v) is 12.0. The van der Waals surface area contributed by atoms with Crippen molar-refractivity contribution in [1.29, 1.82) is 0 Å². The highest BCUT2D eigenvalue weighted by Crippen LogP contribution is 2.12. The summed E-state index contributed by atoms with van der Waals surface area (Å²) in [5, 5.41) is 2.64. The molecule has 10 heteroatoms. The van der Waals surface area contributed by atoms with E-state index >= 15 is 0 Å². The molecular weight excluding hydrogens is 416 g/mol. The van der Waals surface area contributed by atoms with Gasteiger partial charge in [0.1, 0.15) is 0 Å². The number of nitrogens with one attached hydrogen (secondary N) is 2. The Morgan fingerprint density at radius 3 is 2.17 bits per heavy atom. The highest BCUT2D eigenvalue weighted by atomic mass is 32.2. The van der Waals surface area contributed by atoms with E-state index in [1.807, 2.05) is 0 Å². The average Bonchev–Trinajstić information content (AvgIpc) is 2.72. The maximum absolute atomic E-state index is 12.2. The number of sulfone groups is 1. The molecule has 0 spiro atoms. The van der Waals surface area contributed by atoms with Crippen LogP contribution in [0.1, 0.15) is 16.8 Å². The molecule has 0 atom stereocenters. The average molecular weight is 441 g/mol. The van der Waals surface area contributed by atoms with Crippen molar-refractivity contribution < 1.29 is 26.4 Å². The van der Waals surface area contributed by atoms with Crippen LogP contribution in [0.25, 0.3) is 0 Å². The second kappa shape index (κ2) is 10.5. The molecule has 0 unspecified atom stereocenters. The molecule has 8 nitrogen and oxygen atoms in total. The summed E-state index contributed by atoms with van der Waals surface area (Å²) in [6.45, 7) is 0.580. The predicted molar refractivity (Wildman–Crippen MR) is 109 cm³/mol. The molecule has 158 valence electrons. The quantitative estimate of drug-likeness (QED) is 0.507. The lowest BCUT2D eigenvalue weighted by atomic mass is 10.2. The molecule has 29 heavy (non-hydrogen) atoms. The third kappa shape index (κ3) is 6.93. The number of benzene rings is 2. The molecule has 0 saturated heterocycles. The Labute approximate surface area is 171 Å². The fourth-order valence-electron chi connectivity index (χ4n) is 2.46. The number of methoxy groups -OCH3 is 1. The number of carbonyl (C=O) groups excluding carboxylic acids is 1. The van der Waals surface area contributed by atoms with E-state index in [4.69, 9.17) is 4.74 Å². The van der Waals surface area contributed by atoms with Gasteiger partial charge in [-0.2, -0.15) is 0 Å². The van der Waals surface area contributed by atoms with E-state index in [0.717, 1.165) is 0 Å². The zero-order valence-corrected chi connectivity index (χ0v) is 17.6. The van der Waals surface area contributed by atoms with Gasteiger partial charge in [-0.1, -0.05) is 18.2 Å². The van der Waals surface area contributed by atoms with E-state index in [9.17, 15) is 21.6 Å². The molecular formula is C19H24N2O6S2. The number of ether oxygens (including phenoxy) is 1. The minimum Gasteiger partial charge on any atom is -0.383 e. The number of amides is 1. The molecule has 0 radical (unpaired) electrons. The monoisotopic (exact) mass is 440 g/mol. The van der Waals surface area contributed by atoms with Crippen molar-refractivity contribution >= 4 is 25.8 Å². The summed E-state index contributed by atoms with van der Waals surface area (Å²) >= 11 is 0. The SMILES string of the molecule is COCCNS(=O)(=O)c1ccc(C(=O)NCCCS(=O)(=O)c2ccccc2)cc1. The number of hydrogen-bond donors (Lipinski definition) is 2. The van der Waals surface area contributed by atoms with Crippen LogP contribution in [-0.4, -0.2) is 55.3 Å². The van der Waals surface area contributed by atoms with Crippen molar-refractivity contribution in [1.82, 2.24) is 10.0 Å². The van der Waals surface area contributed by atoms with E-state index in [-0.39, 0.29) is 47.2 Å². The molecule has 0 saturated carbocycles. The summed E-state index contributed by atoms with van der Waals surface area (Å²) in [4.78, 5) is 12.5. The molecule has 2 aromatic rings. The second-order valence-corrected chi connectivity index (χ2v) is 10.0. The summed E-state index contributed by atoms with van der Waals surface area (Å²) in [6.07, 6.45) is 0.263. The van der Waals surface area contributed by atoms with Crippen molar-refractivity contribution in [3.8, 4) is 0 Å². The van der Waals surface area contributed by atoms with Crippen LogP contribution < -0.4 is 10.0 Å². The lowest BCUT2D eigenvalue weighted by Crippen LogP contribution is -2.28. The van der Waals surface area contributed by atoms with E-state index in [1.54, 1.807) is 18.2 Å². The predicted octanol–water partition coefficient (Wildman–Crippen LogP) is 1.21. The van der Waals surface area contributed by atoms with Gasteiger partial charge in [-0.05, 0) is 42.8 Å². The Hall–Kier alpha value is -2.27. The number of sulfonamides is 1. The van der Waals surface area contributed by atoms with Crippen molar-refractivity contribution in [2.45, 2.75) is 16.2 Å². The number of hydrogen-bond acceptors (Lipinski definition) is 6. The van der Waals surface area contributed by atoms with Gasteiger partial charge in [0, 0.05) is 25.8 Å². The molecule has 0 aliphatic rings. The molecule has 0 heterocycles. The lowest BCUT2D eigenvalue weighted by molar-refractivity contribution is 0.0953. The van der Waals surface area contributed by atoms with Gasteiger partial charge in [0.2, 0.25) is 10.0 Å². The molecule has 2 aromatic carbocycles. The van der Waals surface area contributed by atoms with Gasteiger partial charge in [0.15, 0.2) is 9.84 Å². The summed E-state index contributed by atoms with van der Waals surface area (Å²) in [5.74, 6) is -0.486. The third-order valence-corrected chi connectivity index (χ3v) is 7.30. The van der Waals surface area contributed by atoms with Crippen LogP contribution in [0, 0.1) is 0 Å². The zero-order chi connectivity index (χ0) is 21.3. The van der Waals surface area contributed by atoms with Gasteiger partial charge < -0.3 is 10.1 Å². The largest absolute Gasteiger partial charge is 0.383 e. The van der Waals surface area contributed by atoms with Gasteiger partial charge in [0.05, 0.1) is 22.2 Å². The minimum atomic E-state index is -3.67. The fourth-order valence-corrected chi connectivity index (χ4v) is 4.80. The summed E-state index contributed by atoms with van der Waals surface area (Å²) in [5.41, 5.74) is 0.284. The molecule has 0 aliphatic heterocycles. The highest BCUT2D eigenvalue weighted by Gasteiger charge is 2.15. The molecule has 0 fully saturated rings. The molecule has 2 rings (SSSR count). The Kier molecular flexibility index (Phi) is 8.32. The maximum Gasteiger partial charge on any atom is 0.251 e. The molecule has 1 amide bonds. The van der Waals surface area contributed by atoms with Crippen molar-refractivity contribution in [2.75, 3.05) is 32.6 Å². The minimum absolute atomic E-state index is 0.0408. The fraction of sp³-hybridized carbons (Fsp3) is 0.316. The van der Waals surface area contributed by atoms with Crippen LogP contribution in [0.3, 0.4) is 0 Å². The smallest absolute Gasteiger partial charge is 0.251 e. The Morgan fingerprint density at radius 2 is 1.55 bits per heavy atom. The van der Waals surface area contributed by atoms with Gasteiger partial charge >= 0.3 is 0 Å². The van der Waals surface area contributed by atoms with Crippen LogP contribution in [0.15, 0.2) is 64.4 Å². The first-order chi connectivity index (χ1) is 13.8. The van der Waals surface area contributed by atoms with Gasteiger partial charge in [-0.25, -0.2) is 21.6 Å². The molecule has 0 bridgehead atoms. The zero-order valence-electron chi connectivity index (χ0n) is 16.0. The highest BCUT2D eigenvalue weighted by molar-refractivity contribution is 7.91. The lowest BCUT2D eigenvalue weighted by Gasteiger charge is -2.08. The normalized spacial score (nSPS) is 11.9. The summed E-state index contributed by atoms with van der Waals surface area (Å²) in [6, 6.07) is 13.6. The Balaban J connectivity index is 1.85. The van der Waals surface area contributed by atoms with Crippen molar-refractivity contribution in [3.05, 3.63) is 60.2 Å². The van der Waals surface area contributed by atoms with Crippen LogP contribution >= 0.6 is 0 Å². The maximum atomic E-state index is 12.2. The topological polar surface area (TPSA) is 119 Å². The van der Waals surface area contributed by atoms with Crippen LogP contribution in [0.5, 0.6) is 0 Å². The van der Waals surface area contributed by atoms with Gasteiger partial charge in [-0.3, -0.25) is 4.79 Å². The second-order valence-electron chi connectivity index (χ2n) is 6.16. The molecule has 0 aromatic heterocycles. The first-order valence-electron chi connectivity index (χ1n) is 8.91. The summed E-state index contributed by atoms with van der Waals surface area (Å²) in [7, 11) is -5.58. The Morgan fingerprint density at radius 1 is 0.897 bits per heavy atom. The van der Waals surface area contributed by atoms with E-state index in [0.29, 0.717) is 0 Å². The molecule has 2 N–H and O–H groups in total. The van der Waals surface area contributed by atoms with Crippen LogP contribution in [-0.2, 0) is 24.6 Å². The van der Waals surface area contributed by atoms with Gasteiger partial charge in [0.25, 0.3) is 5.91 Å². The van der Waals surface area contributed by atoms with Crippen molar-refractivity contribution in [3.63, 3.8) is 0 Å². The van der Waals surface area contributed by atoms with Crippen LogP contribution in [0.2, 0.25) is 0 Å². The van der Waals surface area contributed by atoms with E-state index < -0.39 is 25.8 Å². The summed E-state index contributed by atoms with van der Waals surface area (Å²) < 4.78 is 55.7. The number of rotatable bonds is 11. The third-order valence-electron chi connectivity index (χ3n) is 4.00. The standard InChI is InChI=1S/C19H24N2O6S2/c1-27-14-13-21-29(25,26)18-10-8-16(9-11-18)19(22)20-12-5-15-28(23,24)17-6-3-2-4-7-17/h2-4,6-11,21H,5,12-15H2,1H3,(H,20,22). The first kappa shape index (κ1) is 23.0. The van der Waals surface area contributed by atoms with Crippen molar-refractivity contribution in [2.24, 2.45) is 0 Å².